The van der Waals surface area contributed by atoms with Gasteiger partial charge in [0, 0.05) is 0 Å². The SMILES string of the molecule is C=CCC(C#N)(CC)CCC(C#N)(CC=C)CC=C. The summed E-state index contributed by atoms with van der Waals surface area (Å²) in [5.74, 6) is 0. The number of nitrogens with zero attached hydrogens (tertiary/aromatic N) is 2. The van der Waals surface area contributed by atoms with E-state index < -0.39 is 10.8 Å². The van der Waals surface area contributed by atoms with E-state index in [4.69, 9.17) is 0 Å². The van der Waals surface area contributed by atoms with Crippen LogP contribution in [0.5, 0.6) is 0 Å². The molecule has 0 saturated heterocycles. The van der Waals surface area contributed by atoms with E-state index in [0.29, 0.717) is 32.1 Å². The molecule has 2 heteroatoms. The Bertz CT molecular complexity index is 384. The Balaban J connectivity index is 5.01. The Hall–Kier alpha value is -1.80. The van der Waals surface area contributed by atoms with E-state index in [-0.39, 0.29) is 0 Å². The minimum absolute atomic E-state index is 0.397. The fraction of sp³-hybridized carbons (Fsp3) is 0.529. The second-order valence-corrected chi connectivity index (χ2v) is 5.12. The van der Waals surface area contributed by atoms with Crippen molar-refractivity contribution in [3.05, 3.63) is 38.0 Å². The van der Waals surface area contributed by atoms with Crippen LogP contribution in [0.25, 0.3) is 0 Å². The molecule has 0 spiro atoms. The second-order valence-electron chi connectivity index (χ2n) is 5.12. The van der Waals surface area contributed by atoms with Crippen molar-refractivity contribution < 1.29 is 0 Å². The molecule has 0 aliphatic rings. The topological polar surface area (TPSA) is 47.6 Å². The molecule has 0 bridgehead atoms. The van der Waals surface area contributed by atoms with Crippen LogP contribution in [-0.2, 0) is 0 Å². The first kappa shape index (κ1) is 17.2. The fourth-order valence-corrected chi connectivity index (χ4v) is 2.35. The second kappa shape index (κ2) is 8.33. The van der Waals surface area contributed by atoms with Crippen LogP contribution in [0.1, 0.15) is 45.4 Å². The van der Waals surface area contributed by atoms with Gasteiger partial charge in [-0.2, -0.15) is 10.5 Å². The standard InChI is InChI=1S/C17H24N2/c1-5-9-16(8-4,14-18)12-13-17(15-19,10-6-2)11-7-3/h5-7H,1-3,8-13H2,4H3. The summed E-state index contributed by atoms with van der Waals surface area (Å²) in [5.41, 5.74) is -0.867. The first-order valence-corrected chi connectivity index (χ1v) is 6.73. The lowest BCUT2D eigenvalue weighted by Gasteiger charge is -2.30. The monoisotopic (exact) mass is 256 g/mol. The van der Waals surface area contributed by atoms with Gasteiger partial charge in [0.25, 0.3) is 0 Å². The molecule has 1 unspecified atom stereocenters. The highest BCUT2D eigenvalue weighted by Gasteiger charge is 2.33. The Labute approximate surface area is 117 Å². The van der Waals surface area contributed by atoms with E-state index in [1.165, 1.54) is 0 Å². The molecule has 0 N–H and O–H groups in total. The number of rotatable bonds is 10. The van der Waals surface area contributed by atoms with E-state index in [0.717, 1.165) is 6.42 Å². The number of hydrogen-bond donors (Lipinski definition) is 0. The van der Waals surface area contributed by atoms with Crippen molar-refractivity contribution in [2.75, 3.05) is 0 Å². The quantitative estimate of drug-likeness (QED) is 0.520. The molecule has 0 aromatic rings. The summed E-state index contributed by atoms with van der Waals surface area (Å²) in [4.78, 5) is 0. The van der Waals surface area contributed by atoms with Crippen molar-refractivity contribution in [3.63, 3.8) is 0 Å². The highest BCUT2D eigenvalue weighted by Crippen LogP contribution is 2.40. The molecule has 0 radical (unpaired) electrons. The highest BCUT2D eigenvalue weighted by molar-refractivity contribution is 5.09. The van der Waals surface area contributed by atoms with Crippen LogP contribution in [0.2, 0.25) is 0 Å². The zero-order valence-electron chi connectivity index (χ0n) is 12.0. The summed E-state index contributed by atoms with van der Waals surface area (Å²) in [7, 11) is 0. The molecule has 102 valence electrons. The van der Waals surface area contributed by atoms with Crippen molar-refractivity contribution in [3.8, 4) is 12.1 Å². The molecule has 0 saturated carbocycles. The van der Waals surface area contributed by atoms with Crippen LogP contribution in [0.15, 0.2) is 38.0 Å². The molecule has 0 rings (SSSR count). The Morgan fingerprint density at radius 2 is 1.21 bits per heavy atom. The van der Waals surface area contributed by atoms with Gasteiger partial charge in [-0.15, -0.1) is 19.7 Å². The van der Waals surface area contributed by atoms with E-state index in [1.807, 2.05) is 6.92 Å². The molecule has 0 aliphatic heterocycles. The average Bonchev–Trinajstić information content (AvgIpc) is 2.44. The molecule has 0 aromatic heterocycles. The Morgan fingerprint density at radius 1 is 0.842 bits per heavy atom. The highest BCUT2D eigenvalue weighted by atomic mass is 14.4. The van der Waals surface area contributed by atoms with Gasteiger partial charge in [0.2, 0.25) is 0 Å². The summed E-state index contributed by atoms with van der Waals surface area (Å²) < 4.78 is 0. The summed E-state index contributed by atoms with van der Waals surface area (Å²) in [5, 5.41) is 18.9. The van der Waals surface area contributed by atoms with Crippen molar-refractivity contribution in [1.82, 2.24) is 0 Å². The maximum absolute atomic E-state index is 9.46. The van der Waals surface area contributed by atoms with E-state index >= 15 is 0 Å². The van der Waals surface area contributed by atoms with Gasteiger partial charge in [-0.05, 0) is 38.5 Å². The minimum atomic E-state index is -0.470. The van der Waals surface area contributed by atoms with Crippen LogP contribution in [0.4, 0.5) is 0 Å². The van der Waals surface area contributed by atoms with Crippen LogP contribution in [0, 0.1) is 33.5 Å². The molecule has 1 atom stereocenters. The summed E-state index contributed by atoms with van der Waals surface area (Å²) in [6.07, 6.45) is 9.47. The van der Waals surface area contributed by atoms with Gasteiger partial charge in [0.05, 0.1) is 23.0 Å². The van der Waals surface area contributed by atoms with E-state index in [9.17, 15) is 10.5 Å². The smallest absolute Gasteiger partial charge is 0.0696 e. The first-order valence-electron chi connectivity index (χ1n) is 6.73. The summed E-state index contributed by atoms with van der Waals surface area (Å²) in [6, 6.07) is 4.82. The third-order valence-corrected chi connectivity index (χ3v) is 3.84. The molecule has 0 amide bonds. The van der Waals surface area contributed by atoms with Crippen molar-refractivity contribution in [2.45, 2.75) is 45.4 Å². The number of nitriles is 2. The molecule has 0 aromatic carbocycles. The van der Waals surface area contributed by atoms with Gasteiger partial charge >= 0.3 is 0 Å². The van der Waals surface area contributed by atoms with Crippen LogP contribution < -0.4 is 0 Å². The van der Waals surface area contributed by atoms with E-state index in [2.05, 4.69) is 31.9 Å². The van der Waals surface area contributed by atoms with E-state index in [1.54, 1.807) is 18.2 Å². The van der Waals surface area contributed by atoms with Crippen molar-refractivity contribution >= 4 is 0 Å². The molecule has 19 heavy (non-hydrogen) atoms. The van der Waals surface area contributed by atoms with Gasteiger partial charge in [-0.25, -0.2) is 0 Å². The average molecular weight is 256 g/mol. The maximum atomic E-state index is 9.46. The van der Waals surface area contributed by atoms with Gasteiger partial charge < -0.3 is 0 Å². The molecule has 0 fully saturated rings. The van der Waals surface area contributed by atoms with Crippen LogP contribution in [-0.4, -0.2) is 0 Å². The molecular weight excluding hydrogens is 232 g/mol. The third-order valence-electron chi connectivity index (χ3n) is 3.84. The van der Waals surface area contributed by atoms with Gasteiger partial charge in [-0.3, -0.25) is 0 Å². The maximum Gasteiger partial charge on any atom is 0.0696 e. The third kappa shape index (κ3) is 4.76. The minimum Gasteiger partial charge on any atom is -0.198 e. The summed E-state index contributed by atoms with van der Waals surface area (Å²) >= 11 is 0. The number of allylic oxidation sites excluding steroid dienone is 3. The van der Waals surface area contributed by atoms with Crippen LogP contribution in [0.3, 0.4) is 0 Å². The van der Waals surface area contributed by atoms with Gasteiger partial charge in [0.15, 0.2) is 0 Å². The fourth-order valence-electron chi connectivity index (χ4n) is 2.35. The predicted octanol–water partition coefficient (Wildman–Crippen LogP) is 4.92. The molecule has 0 aliphatic carbocycles. The molecular formula is C17H24N2. The zero-order valence-corrected chi connectivity index (χ0v) is 12.0. The normalized spacial score (nSPS) is 13.6. The summed E-state index contributed by atoms with van der Waals surface area (Å²) in [6.45, 7) is 13.2. The molecule has 2 nitrogen and oxygen atoms in total. The van der Waals surface area contributed by atoms with Gasteiger partial charge in [0.1, 0.15) is 0 Å². The predicted molar refractivity (Wildman–Crippen MR) is 80.1 cm³/mol. The lowest BCUT2D eigenvalue weighted by molar-refractivity contribution is 0.267. The first-order chi connectivity index (χ1) is 9.07. The Kier molecular flexibility index (Phi) is 7.54. The van der Waals surface area contributed by atoms with Crippen molar-refractivity contribution in [2.24, 2.45) is 10.8 Å². The van der Waals surface area contributed by atoms with Crippen molar-refractivity contribution in [1.29, 1.82) is 10.5 Å². The lowest BCUT2D eigenvalue weighted by atomic mass is 9.71. The zero-order chi connectivity index (χ0) is 14.8. The number of hydrogen-bond acceptors (Lipinski definition) is 2. The Morgan fingerprint density at radius 3 is 1.53 bits per heavy atom. The van der Waals surface area contributed by atoms with Gasteiger partial charge in [-0.1, -0.05) is 25.2 Å². The molecule has 0 heterocycles. The lowest BCUT2D eigenvalue weighted by Crippen LogP contribution is -2.24. The van der Waals surface area contributed by atoms with Crippen LogP contribution >= 0.6 is 0 Å². The largest absolute Gasteiger partial charge is 0.198 e.